The number of carbonyl (C=O) groups excluding carboxylic acids is 1. The molecule has 0 unspecified atom stereocenters. The van der Waals surface area contributed by atoms with E-state index in [2.05, 4.69) is 0 Å². The minimum Gasteiger partial charge on any atom is -0.455 e. The van der Waals surface area contributed by atoms with Crippen LogP contribution >= 0.6 is 0 Å². The fraction of sp³-hybridized carbons (Fsp3) is 0.316. The number of rotatable bonds is 7. The summed E-state index contributed by atoms with van der Waals surface area (Å²) >= 11 is 0. The molecule has 1 aliphatic heterocycles. The number of carbonyl (C=O) groups is 1. The Morgan fingerprint density at radius 3 is 2.12 bits per heavy atom. The van der Waals surface area contributed by atoms with Gasteiger partial charge in [-0.2, -0.15) is 0 Å². The molecular weight excluding hydrogens is 311 g/mol. The highest BCUT2D eigenvalue weighted by Crippen LogP contribution is 2.24. The lowest BCUT2D eigenvalue weighted by atomic mass is 10.1. The monoisotopic (exact) mass is 330 g/mol. The summed E-state index contributed by atoms with van der Waals surface area (Å²) in [7, 11) is 0. The van der Waals surface area contributed by atoms with E-state index in [9.17, 15) is 9.18 Å². The van der Waals surface area contributed by atoms with Crippen LogP contribution in [-0.2, 0) is 32.2 Å². The predicted molar refractivity (Wildman–Crippen MR) is 85.9 cm³/mol. The van der Waals surface area contributed by atoms with E-state index in [1.165, 1.54) is 0 Å². The van der Waals surface area contributed by atoms with Crippen LogP contribution in [0.4, 0.5) is 4.39 Å². The van der Waals surface area contributed by atoms with Gasteiger partial charge in [0.2, 0.25) is 6.17 Å². The quantitative estimate of drug-likeness (QED) is 0.732. The van der Waals surface area contributed by atoms with Gasteiger partial charge < -0.3 is 14.2 Å². The smallest absolute Gasteiger partial charge is 0.344 e. The van der Waals surface area contributed by atoms with Gasteiger partial charge in [0.1, 0.15) is 6.10 Å². The van der Waals surface area contributed by atoms with Gasteiger partial charge in [0.05, 0.1) is 19.8 Å². The maximum absolute atomic E-state index is 14.0. The minimum atomic E-state index is -1.78. The van der Waals surface area contributed by atoms with E-state index >= 15 is 0 Å². The third-order valence-corrected chi connectivity index (χ3v) is 3.83. The maximum Gasteiger partial charge on any atom is 0.344 e. The zero-order valence-corrected chi connectivity index (χ0v) is 13.1. The number of benzene rings is 2. The number of cyclic esters (lactones) is 1. The Morgan fingerprint density at radius 1 is 0.917 bits per heavy atom. The van der Waals surface area contributed by atoms with E-state index in [0.29, 0.717) is 6.61 Å². The van der Waals surface area contributed by atoms with Gasteiger partial charge in [-0.1, -0.05) is 60.7 Å². The molecule has 2 aromatic carbocycles. The van der Waals surface area contributed by atoms with Gasteiger partial charge in [0.25, 0.3) is 0 Å². The fourth-order valence-electron chi connectivity index (χ4n) is 2.56. The van der Waals surface area contributed by atoms with Crippen LogP contribution in [0.25, 0.3) is 0 Å². The lowest BCUT2D eigenvalue weighted by molar-refractivity contribution is -0.147. The summed E-state index contributed by atoms with van der Waals surface area (Å²) < 4.78 is 30.2. The number of alkyl halides is 1. The van der Waals surface area contributed by atoms with Gasteiger partial charge in [0, 0.05) is 0 Å². The van der Waals surface area contributed by atoms with Crippen LogP contribution in [0, 0.1) is 0 Å². The molecule has 1 saturated heterocycles. The third-order valence-electron chi connectivity index (χ3n) is 3.83. The number of esters is 1. The zero-order valence-electron chi connectivity index (χ0n) is 13.1. The van der Waals surface area contributed by atoms with Crippen LogP contribution in [0.3, 0.4) is 0 Å². The number of hydrogen-bond acceptors (Lipinski definition) is 4. The lowest BCUT2D eigenvalue weighted by Crippen LogP contribution is -2.34. The Hall–Kier alpha value is -2.24. The van der Waals surface area contributed by atoms with Gasteiger partial charge in [-0.25, -0.2) is 9.18 Å². The summed E-state index contributed by atoms with van der Waals surface area (Å²) in [4.78, 5) is 11.5. The molecule has 0 saturated carbocycles. The molecule has 3 rings (SSSR count). The normalized spacial score (nSPS) is 23.2. The Balaban J connectivity index is 1.53. The topological polar surface area (TPSA) is 44.8 Å². The molecule has 0 aromatic heterocycles. The number of hydrogen-bond donors (Lipinski definition) is 0. The molecule has 1 heterocycles. The van der Waals surface area contributed by atoms with E-state index in [-0.39, 0.29) is 13.2 Å². The zero-order chi connectivity index (χ0) is 16.8. The van der Waals surface area contributed by atoms with Crippen molar-refractivity contribution in [2.24, 2.45) is 0 Å². The van der Waals surface area contributed by atoms with Crippen molar-refractivity contribution in [3.8, 4) is 0 Å². The molecule has 0 spiro atoms. The second kappa shape index (κ2) is 8.04. The van der Waals surface area contributed by atoms with Crippen molar-refractivity contribution in [2.45, 2.75) is 31.6 Å². The highest BCUT2D eigenvalue weighted by molar-refractivity contribution is 5.78. The third kappa shape index (κ3) is 4.19. The summed E-state index contributed by atoms with van der Waals surface area (Å²) in [6.45, 7) is 0.690. The Labute approximate surface area is 140 Å². The number of ether oxygens (including phenoxy) is 3. The van der Waals surface area contributed by atoms with Crippen LogP contribution in [0.5, 0.6) is 0 Å². The molecule has 4 nitrogen and oxygen atoms in total. The van der Waals surface area contributed by atoms with E-state index < -0.39 is 24.3 Å². The standard InChI is InChI=1S/C19H19FO4/c20-17-18(23-12-15-9-5-2-6-10-15)16(24-19(17)21)13-22-11-14-7-3-1-4-8-14/h1-10,16-18H,11-13H2/t16-,17-,18-/m1/s1. The first-order chi connectivity index (χ1) is 11.7. The predicted octanol–water partition coefficient (Wildman–Crippen LogP) is 3.05. The lowest BCUT2D eigenvalue weighted by Gasteiger charge is -2.19. The molecule has 0 bridgehead atoms. The first kappa shape index (κ1) is 16.6. The van der Waals surface area contributed by atoms with Gasteiger partial charge in [0.15, 0.2) is 6.10 Å². The molecule has 2 aromatic rings. The molecule has 5 heteroatoms. The second-order valence-electron chi connectivity index (χ2n) is 5.64. The van der Waals surface area contributed by atoms with Crippen LogP contribution in [0.15, 0.2) is 60.7 Å². The summed E-state index contributed by atoms with van der Waals surface area (Å²) in [5, 5.41) is 0. The molecule has 126 valence electrons. The van der Waals surface area contributed by atoms with Crippen molar-refractivity contribution in [2.75, 3.05) is 6.61 Å². The van der Waals surface area contributed by atoms with E-state index in [4.69, 9.17) is 14.2 Å². The van der Waals surface area contributed by atoms with Gasteiger partial charge >= 0.3 is 5.97 Å². The SMILES string of the molecule is O=C1O[C@H](COCc2ccccc2)[C@@H](OCc2ccccc2)[C@H]1F. The first-order valence-corrected chi connectivity index (χ1v) is 7.86. The largest absolute Gasteiger partial charge is 0.455 e. The van der Waals surface area contributed by atoms with Crippen LogP contribution < -0.4 is 0 Å². The van der Waals surface area contributed by atoms with Gasteiger partial charge in [-0.3, -0.25) is 0 Å². The van der Waals surface area contributed by atoms with Crippen molar-refractivity contribution in [3.63, 3.8) is 0 Å². The highest BCUT2D eigenvalue weighted by Gasteiger charge is 2.46. The summed E-state index contributed by atoms with van der Waals surface area (Å²) in [6.07, 6.45) is -3.47. The van der Waals surface area contributed by atoms with Crippen LogP contribution in [0.1, 0.15) is 11.1 Å². The highest BCUT2D eigenvalue weighted by atomic mass is 19.1. The molecule has 24 heavy (non-hydrogen) atoms. The molecule has 1 fully saturated rings. The molecule has 0 amide bonds. The summed E-state index contributed by atoms with van der Waals surface area (Å²) in [5.41, 5.74) is 1.91. The first-order valence-electron chi connectivity index (χ1n) is 7.86. The van der Waals surface area contributed by atoms with Crippen molar-refractivity contribution in [3.05, 3.63) is 71.8 Å². The summed E-state index contributed by atoms with van der Waals surface area (Å²) in [6, 6.07) is 19.0. The fourth-order valence-corrected chi connectivity index (χ4v) is 2.56. The number of halogens is 1. The summed E-state index contributed by atoms with van der Waals surface area (Å²) in [5.74, 6) is -0.888. The Bertz CT molecular complexity index is 647. The Kier molecular flexibility index (Phi) is 5.56. The van der Waals surface area contributed by atoms with E-state index in [0.717, 1.165) is 11.1 Å². The molecular formula is C19H19FO4. The van der Waals surface area contributed by atoms with Crippen LogP contribution in [-0.4, -0.2) is 31.0 Å². The molecule has 0 radical (unpaired) electrons. The van der Waals surface area contributed by atoms with Crippen molar-refractivity contribution >= 4 is 5.97 Å². The van der Waals surface area contributed by atoms with Crippen molar-refractivity contribution in [1.29, 1.82) is 0 Å². The Morgan fingerprint density at radius 2 is 1.50 bits per heavy atom. The molecule has 1 aliphatic rings. The minimum absolute atomic E-state index is 0.0977. The van der Waals surface area contributed by atoms with E-state index in [1.807, 2.05) is 60.7 Å². The van der Waals surface area contributed by atoms with E-state index in [1.54, 1.807) is 0 Å². The average molecular weight is 330 g/mol. The maximum atomic E-state index is 14.0. The van der Waals surface area contributed by atoms with Crippen molar-refractivity contribution < 1.29 is 23.4 Å². The molecule has 0 N–H and O–H groups in total. The molecule has 0 aliphatic carbocycles. The second-order valence-corrected chi connectivity index (χ2v) is 5.64. The van der Waals surface area contributed by atoms with Crippen LogP contribution in [0.2, 0.25) is 0 Å². The van der Waals surface area contributed by atoms with Gasteiger partial charge in [-0.15, -0.1) is 0 Å². The molecule has 3 atom stereocenters. The van der Waals surface area contributed by atoms with Crippen molar-refractivity contribution in [1.82, 2.24) is 0 Å². The van der Waals surface area contributed by atoms with Gasteiger partial charge in [-0.05, 0) is 11.1 Å². The average Bonchev–Trinajstić information content (AvgIpc) is 2.89.